The van der Waals surface area contributed by atoms with Crippen LogP contribution in [-0.2, 0) is 6.42 Å². The van der Waals surface area contributed by atoms with Crippen LogP contribution in [0.5, 0.6) is 5.75 Å². The lowest BCUT2D eigenvalue weighted by molar-refractivity contribution is 0.196. The number of nitrogens with zero attached hydrogens (tertiary/aromatic N) is 3. The summed E-state index contributed by atoms with van der Waals surface area (Å²) in [6.45, 7) is 5.73. The summed E-state index contributed by atoms with van der Waals surface area (Å²) in [4.78, 5) is 9.00. The number of hydrogen-bond acceptors (Lipinski definition) is 5. The number of aromatic nitrogens is 3. The summed E-state index contributed by atoms with van der Waals surface area (Å²) in [5.41, 5.74) is 0. The molecule has 2 aromatic heterocycles. The number of ether oxygens (including phenoxy) is 1. The Kier molecular flexibility index (Phi) is 7.82. The zero-order chi connectivity index (χ0) is 21.2. The minimum atomic E-state index is -0.370. The predicted octanol–water partition coefficient (Wildman–Crippen LogP) is 3.16. The van der Waals surface area contributed by atoms with E-state index in [4.69, 9.17) is 9.15 Å². The van der Waals surface area contributed by atoms with Crippen molar-refractivity contribution in [3.63, 3.8) is 0 Å². The Balaban J connectivity index is 1.51. The molecule has 3 aromatic rings. The Hall–Kier alpha value is -3.36. The molecule has 30 heavy (non-hydrogen) atoms. The number of nitrogens with one attached hydrogen (secondary N) is 3. The normalized spacial score (nSPS) is 12.6. The molecule has 8 nitrogen and oxygen atoms in total. The van der Waals surface area contributed by atoms with Gasteiger partial charge in [0.15, 0.2) is 23.3 Å². The van der Waals surface area contributed by atoms with E-state index in [9.17, 15) is 4.39 Å². The van der Waals surface area contributed by atoms with Crippen molar-refractivity contribution in [3.8, 4) is 17.3 Å². The van der Waals surface area contributed by atoms with Crippen LogP contribution in [0.3, 0.4) is 0 Å². The van der Waals surface area contributed by atoms with Gasteiger partial charge < -0.3 is 19.8 Å². The average Bonchev–Trinajstić information content (AvgIpc) is 3.44. The number of para-hydroxylation sites is 1. The molecular formula is C21H27FN6O2. The van der Waals surface area contributed by atoms with Crippen LogP contribution < -0.4 is 15.4 Å². The third kappa shape index (κ3) is 6.07. The van der Waals surface area contributed by atoms with Gasteiger partial charge in [-0.25, -0.2) is 14.4 Å². The molecular weight excluding hydrogens is 387 g/mol. The van der Waals surface area contributed by atoms with Gasteiger partial charge in [0.2, 0.25) is 5.82 Å². The number of rotatable bonds is 10. The van der Waals surface area contributed by atoms with Crippen molar-refractivity contribution in [2.45, 2.75) is 32.8 Å². The Morgan fingerprint density at radius 1 is 1.23 bits per heavy atom. The molecule has 1 aromatic carbocycles. The minimum absolute atomic E-state index is 0.220. The van der Waals surface area contributed by atoms with E-state index < -0.39 is 0 Å². The maximum atomic E-state index is 13.8. The molecule has 1 atom stereocenters. The first-order valence-corrected chi connectivity index (χ1v) is 10.1. The third-order valence-corrected chi connectivity index (χ3v) is 4.31. The quantitative estimate of drug-likeness (QED) is 0.348. The molecule has 160 valence electrons. The number of H-pyrrole nitrogens is 1. The summed E-state index contributed by atoms with van der Waals surface area (Å²) < 4.78 is 24.9. The van der Waals surface area contributed by atoms with Gasteiger partial charge in [0, 0.05) is 19.5 Å². The van der Waals surface area contributed by atoms with Crippen molar-refractivity contribution in [1.29, 1.82) is 0 Å². The molecule has 3 N–H and O–H groups in total. The van der Waals surface area contributed by atoms with Crippen molar-refractivity contribution >= 4 is 5.96 Å². The molecule has 0 bridgehead atoms. The number of aliphatic imine (C=N–C) groups is 1. The predicted molar refractivity (Wildman–Crippen MR) is 113 cm³/mol. The lowest BCUT2D eigenvalue weighted by Gasteiger charge is -2.17. The molecule has 9 heteroatoms. The number of halogens is 1. The number of furan rings is 1. The first-order chi connectivity index (χ1) is 14.7. The summed E-state index contributed by atoms with van der Waals surface area (Å²) in [7, 11) is 0. The Morgan fingerprint density at radius 2 is 2.10 bits per heavy atom. The third-order valence-electron chi connectivity index (χ3n) is 4.31. The molecule has 0 radical (unpaired) electrons. The summed E-state index contributed by atoms with van der Waals surface area (Å²) in [5, 5.41) is 13.5. The van der Waals surface area contributed by atoms with Crippen LogP contribution in [0.4, 0.5) is 4.39 Å². The standard InChI is InChI=1S/C21H27FN6O2/c1-3-15(30-17-9-6-5-8-16(17)22)14-25-21(23-4-2)24-12-11-19-26-20(28-27-19)18-10-7-13-29-18/h5-10,13,15H,3-4,11-12,14H2,1-2H3,(H2,23,24,25)(H,26,27,28). The zero-order valence-electron chi connectivity index (χ0n) is 17.2. The van der Waals surface area contributed by atoms with E-state index in [1.54, 1.807) is 30.5 Å². The van der Waals surface area contributed by atoms with Crippen LogP contribution in [0, 0.1) is 5.82 Å². The highest BCUT2D eigenvalue weighted by Gasteiger charge is 2.12. The second-order valence-corrected chi connectivity index (χ2v) is 6.56. The maximum absolute atomic E-state index is 13.8. The van der Waals surface area contributed by atoms with Crippen molar-refractivity contribution in [2.24, 2.45) is 4.99 Å². The summed E-state index contributed by atoms with van der Waals surface area (Å²) in [6, 6.07) is 10.0. The largest absolute Gasteiger partial charge is 0.485 e. The van der Waals surface area contributed by atoms with E-state index >= 15 is 0 Å². The molecule has 0 aliphatic heterocycles. The van der Waals surface area contributed by atoms with E-state index in [1.807, 2.05) is 19.9 Å². The van der Waals surface area contributed by atoms with Crippen molar-refractivity contribution in [3.05, 3.63) is 54.3 Å². The fourth-order valence-corrected chi connectivity index (χ4v) is 2.73. The number of guanidine groups is 1. The molecule has 1 unspecified atom stereocenters. The van der Waals surface area contributed by atoms with Crippen molar-refractivity contribution in [2.75, 3.05) is 19.6 Å². The fourth-order valence-electron chi connectivity index (χ4n) is 2.73. The van der Waals surface area contributed by atoms with Crippen LogP contribution in [0.2, 0.25) is 0 Å². The van der Waals surface area contributed by atoms with E-state index in [0.717, 1.165) is 12.4 Å². The monoisotopic (exact) mass is 414 g/mol. The van der Waals surface area contributed by atoms with Gasteiger partial charge in [-0.05, 0) is 37.6 Å². The fraction of sp³-hybridized carbons (Fsp3) is 0.381. The highest BCUT2D eigenvalue weighted by atomic mass is 19.1. The van der Waals surface area contributed by atoms with Crippen LogP contribution >= 0.6 is 0 Å². The van der Waals surface area contributed by atoms with E-state index in [2.05, 4.69) is 30.8 Å². The first-order valence-electron chi connectivity index (χ1n) is 10.1. The van der Waals surface area contributed by atoms with Gasteiger partial charge in [-0.15, -0.1) is 0 Å². The smallest absolute Gasteiger partial charge is 0.216 e. The van der Waals surface area contributed by atoms with E-state index in [0.29, 0.717) is 43.5 Å². The number of benzene rings is 1. The molecule has 0 amide bonds. The van der Waals surface area contributed by atoms with Gasteiger partial charge in [-0.3, -0.25) is 5.10 Å². The molecule has 2 heterocycles. The minimum Gasteiger partial charge on any atom is -0.485 e. The average molecular weight is 414 g/mol. The van der Waals surface area contributed by atoms with Crippen LogP contribution in [0.25, 0.3) is 11.6 Å². The first kappa shape index (κ1) is 21.4. The molecule has 0 saturated heterocycles. The second-order valence-electron chi connectivity index (χ2n) is 6.56. The molecule has 0 spiro atoms. The highest BCUT2D eigenvalue weighted by molar-refractivity contribution is 5.79. The summed E-state index contributed by atoms with van der Waals surface area (Å²) >= 11 is 0. The molecule has 0 saturated carbocycles. The molecule has 3 rings (SSSR count). The lowest BCUT2D eigenvalue weighted by Crippen LogP contribution is -2.39. The van der Waals surface area contributed by atoms with Gasteiger partial charge in [0.25, 0.3) is 0 Å². The Bertz CT molecular complexity index is 925. The second kappa shape index (κ2) is 11.0. The SMILES string of the molecule is CCNC(=NCC(CC)Oc1ccccc1F)NCCc1nc(-c2ccco2)n[nH]1. The van der Waals surface area contributed by atoms with E-state index in [1.165, 1.54) is 6.07 Å². The number of hydrogen-bond donors (Lipinski definition) is 3. The zero-order valence-corrected chi connectivity index (χ0v) is 17.2. The summed E-state index contributed by atoms with van der Waals surface area (Å²) in [6.07, 6.45) is 2.72. The van der Waals surface area contributed by atoms with Gasteiger partial charge in [0.1, 0.15) is 11.9 Å². The Labute approximate surface area is 175 Å². The molecule has 0 fully saturated rings. The topological polar surface area (TPSA) is 100 Å². The van der Waals surface area contributed by atoms with Crippen molar-refractivity contribution in [1.82, 2.24) is 25.8 Å². The van der Waals surface area contributed by atoms with E-state index in [-0.39, 0.29) is 17.7 Å². The van der Waals surface area contributed by atoms with Gasteiger partial charge in [-0.1, -0.05) is 19.1 Å². The lowest BCUT2D eigenvalue weighted by atomic mass is 10.2. The highest BCUT2D eigenvalue weighted by Crippen LogP contribution is 2.18. The maximum Gasteiger partial charge on any atom is 0.216 e. The van der Waals surface area contributed by atoms with Gasteiger partial charge in [0.05, 0.1) is 12.8 Å². The van der Waals surface area contributed by atoms with Crippen molar-refractivity contribution < 1.29 is 13.5 Å². The number of aromatic amines is 1. The Morgan fingerprint density at radius 3 is 2.83 bits per heavy atom. The molecule has 0 aliphatic carbocycles. The summed E-state index contributed by atoms with van der Waals surface area (Å²) in [5.74, 6) is 2.45. The van der Waals surface area contributed by atoms with Crippen LogP contribution in [-0.4, -0.2) is 46.9 Å². The van der Waals surface area contributed by atoms with Crippen LogP contribution in [0.15, 0.2) is 52.1 Å². The van der Waals surface area contributed by atoms with Crippen LogP contribution in [0.1, 0.15) is 26.1 Å². The van der Waals surface area contributed by atoms with Gasteiger partial charge in [-0.2, -0.15) is 5.10 Å². The van der Waals surface area contributed by atoms with Gasteiger partial charge >= 0.3 is 0 Å². The molecule has 0 aliphatic rings.